The molecular weight excluding hydrogens is 403 g/mol. The second-order valence-corrected chi connectivity index (χ2v) is 8.41. The highest BCUT2D eigenvalue weighted by Crippen LogP contribution is 2.33. The summed E-state index contributed by atoms with van der Waals surface area (Å²) in [6.07, 6.45) is 2.89. The minimum atomic E-state index is -0.322. The summed E-state index contributed by atoms with van der Waals surface area (Å²) in [5.74, 6) is 1.30. The van der Waals surface area contributed by atoms with Crippen LogP contribution in [0.3, 0.4) is 0 Å². The predicted octanol–water partition coefficient (Wildman–Crippen LogP) is 4.27. The van der Waals surface area contributed by atoms with Crippen LogP contribution in [0.5, 0.6) is 11.6 Å². The molecule has 0 unspecified atom stereocenters. The van der Waals surface area contributed by atoms with Gasteiger partial charge in [0, 0.05) is 26.1 Å². The van der Waals surface area contributed by atoms with E-state index in [9.17, 15) is 9.18 Å². The molecule has 2 aliphatic heterocycles. The Hall–Kier alpha value is -3.00. The third-order valence-corrected chi connectivity index (χ3v) is 6.30. The van der Waals surface area contributed by atoms with E-state index >= 15 is 0 Å². The van der Waals surface area contributed by atoms with E-state index in [0.29, 0.717) is 42.0 Å². The van der Waals surface area contributed by atoms with Gasteiger partial charge < -0.3 is 14.5 Å². The van der Waals surface area contributed by atoms with E-state index in [4.69, 9.17) is 14.7 Å². The number of amides is 1. The number of hydrogen-bond donors (Lipinski definition) is 0. The monoisotopic (exact) mass is 424 g/mol. The molecule has 6 nitrogen and oxygen atoms in total. The van der Waals surface area contributed by atoms with Crippen LogP contribution in [0.1, 0.15) is 33.8 Å². The average molecular weight is 425 g/mol. The minimum absolute atomic E-state index is 0.00648. The van der Waals surface area contributed by atoms with Gasteiger partial charge in [-0.3, -0.25) is 4.79 Å². The molecule has 2 aliphatic rings. The molecule has 0 N–H and O–H groups in total. The minimum Gasteiger partial charge on any atom is -0.438 e. The van der Waals surface area contributed by atoms with Crippen LogP contribution < -0.4 is 9.64 Å². The molecule has 4 heterocycles. The van der Waals surface area contributed by atoms with Crippen molar-refractivity contribution in [2.24, 2.45) is 0 Å². The molecule has 5 rings (SSSR count). The summed E-state index contributed by atoms with van der Waals surface area (Å²) in [4.78, 5) is 27.1. The normalized spacial score (nSPS) is 15.9. The molecular formula is C22H21FN4O2S. The zero-order valence-electron chi connectivity index (χ0n) is 16.4. The molecule has 0 atom stereocenters. The molecule has 2 aromatic heterocycles. The number of benzene rings is 1. The van der Waals surface area contributed by atoms with Crippen LogP contribution >= 0.6 is 11.3 Å². The third kappa shape index (κ3) is 3.75. The number of halogens is 1. The number of aromatic nitrogens is 2. The van der Waals surface area contributed by atoms with Crippen LogP contribution in [-0.2, 0) is 13.0 Å². The molecule has 1 amide bonds. The summed E-state index contributed by atoms with van der Waals surface area (Å²) in [5.41, 5.74) is 1.73. The number of anilines is 1. The Kier molecular flexibility index (Phi) is 5.08. The van der Waals surface area contributed by atoms with E-state index in [1.807, 2.05) is 22.4 Å². The second kappa shape index (κ2) is 8.02. The summed E-state index contributed by atoms with van der Waals surface area (Å²) in [7, 11) is 0. The van der Waals surface area contributed by atoms with Crippen molar-refractivity contribution in [3.63, 3.8) is 0 Å². The van der Waals surface area contributed by atoms with Gasteiger partial charge in [-0.2, -0.15) is 4.98 Å². The SMILES string of the molecule is O=C(c1cccs1)N1CCc2nc(N3CCCC3)nc(Oc3ccc(F)cc3)c2C1. The van der Waals surface area contributed by atoms with Gasteiger partial charge in [0.2, 0.25) is 11.8 Å². The molecule has 8 heteroatoms. The average Bonchev–Trinajstić information content (AvgIpc) is 3.49. The molecule has 30 heavy (non-hydrogen) atoms. The van der Waals surface area contributed by atoms with E-state index < -0.39 is 0 Å². The topological polar surface area (TPSA) is 58.6 Å². The van der Waals surface area contributed by atoms with Crippen molar-refractivity contribution in [1.29, 1.82) is 0 Å². The van der Waals surface area contributed by atoms with E-state index in [0.717, 1.165) is 37.2 Å². The van der Waals surface area contributed by atoms with Crippen LogP contribution in [0.2, 0.25) is 0 Å². The Morgan fingerprint density at radius 3 is 2.60 bits per heavy atom. The van der Waals surface area contributed by atoms with Crippen molar-refractivity contribution in [2.75, 3.05) is 24.5 Å². The number of ether oxygens (including phenoxy) is 1. The molecule has 0 spiro atoms. The molecule has 1 aromatic carbocycles. The molecule has 0 radical (unpaired) electrons. The fraction of sp³-hybridized carbons (Fsp3) is 0.318. The maximum absolute atomic E-state index is 13.3. The van der Waals surface area contributed by atoms with Crippen molar-refractivity contribution in [3.05, 3.63) is 63.7 Å². The van der Waals surface area contributed by atoms with Crippen LogP contribution in [-0.4, -0.2) is 40.4 Å². The van der Waals surface area contributed by atoms with E-state index in [-0.39, 0.29) is 11.7 Å². The van der Waals surface area contributed by atoms with E-state index in [1.54, 1.807) is 12.1 Å². The van der Waals surface area contributed by atoms with Crippen molar-refractivity contribution >= 4 is 23.2 Å². The van der Waals surface area contributed by atoms with E-state index in [2.05, 4.69) is 4.90 Å². The van der Waals surface area contributed by atoms with Crippen LogP contribution in [0.15, 0.2) is 41.8 Å². The second-order valence-electron chi connectivity index (χ2n) is 7.46. The van der Waals surface area contributed by atoms with Crippen LogP contribution in [0.25, 0.3) is 0 Å². The Labute approximate surface area is 177 Å². The molecule has 1 saturated heterocycles. The Morgan fingerprint density at radius 1 is 1.07 bits per heavy atom. The lowest BCUT2D eigenvalue weighted by molar-refractivity contribution is 0.0737. The number of carbonyl (C=O) groups is 1. The smallest absolute Gasteiger partial charge is 0.264 e. The Balaban J connectivity index is 1.49. The maximum atomic E-state index is 13.3. The quantitative estimate of drug-likeness (QED) is 0.626. The van der Waals surface area contributed by atoms with Gasteiger partial charge in [0.1, 0.15) is 11.6 Å². The number of fused-ring (bicyclic) bond motifs is 1. The van der Waals surface area contributed by atoms with E-state index in [1.165, 1.54) is 23.5 Å². The number of nitrogens with zero attached hydrogens (tertiary/aromatic N) is 4. The van der Waals surface area contributed by atoms with Crippen molar-refractivity contribution in [3.8, 4) is 11.6 Å². The van der Waals surface area contributed by atoms with Crippen molar-refractivity contribution in [2.45, 2.75) is 25.8 Å². The first kappa shape index (κ1) is 19.0. The standard InChI is InChI=1S/C22H21FN4O2S/c23-15-5-7-16(8-6-15)29-20-17-14-27(21(28)19-4-3-13-30-19)12-9-18(17)24-22(25-20)26-10-1-2-11-26/h3-8,13H,1-2,9-12,14H2. The van der Waals surface area contributed by atoms with Crippen molar-refractivity contribution in [1.82, 2.24) is 14.9 Å². The molecule has 3 aromatic rings. The van der Waals surface area contributed by atoms with Gasteiger partial charge in [-0.25, -0.2) is 9.37 Å². The molecule has 154 valence electrons. The first-order valence-electron chi connectivity index (χ1n) is 10.1. The summed E-state index contributed by atoms with van der Waals surface area (Å²) in [5, 5.41) is 1.90. The highest BCUT2D eigenvalue weighted by atomic mass is 32.1. The Morgan fingerprint density at radius 2 is 1.87 bits per heavy atom. The van der Waals surface area contributed by atoms with Crippen molar-refractivity contribution < 1.29 is 13.9 Å². The number of thiophene rings is 1. The third-order valence-electron chi connectivity index (χ3n) is 5.45. The highest BCUT2D eigenvalue weighted by molar-refractivity contribution is 7.12. The van der Waals surface area contributed by atoms with Gasteiger partial charge in [0.25, 0.3) is 5.91 Å². The van der Waals surface area contributed by atoms with Gasteiger partial charge in [0.15, 0.2) is 0 Å². The van der Waals surface area contributed by atoms with Crippen LogP contribution in [0, 0.1) is 5.82 Å². The molecule has 0 aliphatic carbocycles. The lowest BCUT2D eigenvalue weighted by Crippen LogP contribution is -2.36. The van der Waals surface area contributed by atoms with Gasteiger partial charge in [-0.1, -0.05) is 6.07 Å². The summed E-state index contributed by atoms with van der Waals surface area (Å²) < 4.78 is 19.4. The Bertz CT molecular complexity index is 1050. The molecule has 1 fully saturated rings. The number of carbonyl (C=O) groups excluding carboxylic acids is 1. The van der Waals surface area contributed by atoms with Gasteiger partial charge in [-0.05, 0) is 48.6 Å². The highest BCUT2D eigenvalue weighted by Gasteiger charge is 2.29. The van der Waals surface area contributed by atoms with Gasteiger partial charge in [0.05, 0.1) is 22.7 Å². The summed E-state index contributed by atoms with van der Waals surface area (Å²) >= 11 is 1.44. The van der Waals surface area contributed by atoms with Crippen LogP contribution in [0.4, 0.5) is 10.3 Å². The zero-order valence-corrected chi connectivity index (χ0v) is 17.2. The number of rotatable bonds is 4. The first-order valence-corrected chi connectivity index (χ1v) is 11.0. The molecule has 0 saturated carbocycles. The zero-order chi connectivity index (χ0) is 20.5. The first-order chi connectivity index (χ1) is 14.7. The summed E-state index contributed by atoms with van der Waals surface area (Å²) in [6.45, 7) is 2.86. The number of hydrogen-bond acceptors (Lipinski definition) is 6. The lowest BCUT2D eigenvalue weighted by atomic mass is 10.1. The largest absolute Gasteiger partial charge is 0.438 e. The predicted molar refractivity (Wildman–Crippen MR) is 113 cm³/mol. The maximum Gasteiger partial charge on any atom is 0.264 e. The molecule has 0 bridgehead atoms. The lowest BCUT2D eigenvalue weighted by Gasteiger charge is -2.30. The summed E-state index contributed by atoms with van der Waals surface area (Å²) in [6, 6.07) is 9.59. The van der Waals surface area contributed by atoms with Gasteiger partial charge in [-0.15, -0.1) is 11.3 Å². The van der Waals surface area contributed by atoms with Gasteiger partial charge >= 0.3 is 0 Å². The fourth-order valence-corrected chi connectivity index (χ4v) is 4.55. The fourth-order valence-electron chi connectivity index (χ4n) is 3.86.